The molecule has 0 spiro atoms. The predicted molar refractivity (Wildman–Crippen MR) is 84.1 cm³/mol. The number of ether oxygens (including phenoxy) is 2. The summed E-state index contributed by atoms with van der Waals surface area (Å²) in [5, 5.41) is 3.36. The molecule has 0 saturated carbocycles. The zero-order valence-electron chi connectivity index (χ0n) is 12.7. The maximum atomic E-state index is 6.24. The minimum absolute atomic E-state index is 0.0367. The molecule has 2 atom stereocenters. The maximum Gasteiger partial charge on any atom is 0.152 e. The van der Waals surface area contributed by atoms with Crippen LogP contribution in [-0.4, -0.2) is 19.8 Å². The van der Waals surface area contributed by atoms with Gasteiger partial charge in [0.15, 0.2) is 6.10 Å². The van der Waals surface area contributed by atoms with E-state index >= 15 is 0 Å². The Morgan fingerprint density at radius 1 is 1.10 bits per heavy atom. The quantitative estimate of drug-likeness (QED) is 0.936. The highest BCUT2D eigenvalue weighted by Gasteiger charge is 2.31. The number of rotatable bonds is 3. The van der Waals surface area contributed by atoms with E-state index in [2.05, 4.69) is 31.3 Å². The second kappa shape index (κ2) is 5.78. The van der Waals surface area contributed by atoms with E-state index in [4.69, 9.17) is 9.47 Å². The molecule has 3 rings (SSSR count). The lowest BCUT2D eigenvalue weighted by Crippen LogP contribution is -2.41. The van der Waals surface area contributed by atoms with Gasteiger partial charge in [0.25, 0.3) is 0 Å². The fraction of sp³-hybridized carbons (Fsp3) is 0.333. The molecule has 2 unspecified atom stereocenters. The Kier molecular flexibility index (Phi) is 3.84. The van der Waals surface area contributed by atoms with Crippen molar-refractivity contribution in [2.75, 3.05) is 13.7 Å². The average molecular weight is 283 g/mol. The van der Waals surface area contributed by atoms with Gasteiger partial charge in [-0.15, -0.1) is 0 Å². The van der Waals surface area contributed by atoms with E-state index in [-0.39, 0.29) is 12.1 Å². The molecule has 0 aliphatic carbocycles. The van der Waals surface area contributed by atoms with Crippen LogP contribution in [0.5, 0.6) is 11.5 Å². The summed E-state index contributed by atoms with van der Waals surface area (Å²) in [6.45, 7) is 4.75. The highest BCUT2D eigenvalue weighted by molar-refractivity contribution is 5.41. The standard InChI is InChI=1S/C18H21NO2/c1-12-7-6-10-15(13(12)2)21-17-11-20-16-9-5-4-8-14(16)18(17)19-3/h4-10,17-19H,11H2,1-3H3. The van der Waals surface area contributed by atoms with Gasteiger partial charge < -0.3 is 14.8 Å². The molecular formula is C18H21NO2. The van der Waals surface area contributed by atoms with E-state index in [0.717, 1.165) is 17.1 Å². The molecule has 1 heterocycles. The molecule has 2 aromatic rings. The molecule has 1 aliphatic rings. The number of likely N-dealkylation sites (N-methyl/N-ethyl adjacent to an activating group) is 1. The van der Waals surface area contributed by atoms with Crippen LogP contribution in [-0.2, 0) is 0 Å². The second-order valence-corrected chi connectivity index (χ2v) is 5.47. The number of fused-ring (bicyclic) bond motifs is 1. The van der Waals surface area contributed by atoms with Gasteiger partial charge in [0.2, 0.25) is 0 Å². The Morgan fingerprint density at radius 2 is 1.90 bits per heavy atom. The Hall–Kier alpha value is -2.00. The van der Waals surface area contributed by atoms with Crippen molar-refractivity contribution in [1.29, 1.82) is 0 Å². The lowest BCUT2D eigenvalue weighted by atomic mass is 9.98. The molecule has 110 valence electrons. The molecule has 3 heteroatoms. The Morgan fingerprint density at radius 3 is 2.71 bits per heavy atom. The van der Waals surface area contributed by atoms with Crippen molar-refractivity contribution >= 4 is 0 Å². The van der Waals surface area contributed by atoms with E-state index in [1.165, 1.54) is 11.1 Å². The number of para-hydroxylation sites is 1. The summed E-state index contributed by atoms with van der Waals surface area (Å²) in [6, 6.07) is 14.4. The summed E-state index contributed by atoms with van der Waals surface area (Å²) in [5.74, 6) is 1.88. The van der Waals surface area contributed by atoms with Gasteiger partial charge in [-0.25, -0.2) is 0 Å². The van der Waals surface area contributed by atoms with Crippen LogP contribution in [0.25, 0.3) is 0 Å². The summed E-state index contributed by atoms with van der Waals surface area (Å²) in [6.07, 6.45) is -0.0367. The van der Waals surface area contributed by atoms with Crippen molar-refractivity contribution in [3.05, 3.63) is 59.2 Å². The molecule has 0 radical (unpaired) electrons. The molecule has 0 aromatic heterocycles. The first-order chi connectivity index (χ1) is 10.2. The normalized spacial score (nSPS) is 20.5. The monoisotopic (exact) mass is 283 g/mol. The molecule has 21 heavy (non-hydrogen) atoms. The second-order valence-electron chi connectivity index (χ2n) is 5.47. The van der Waals surface area contributed by atoms with E-state index in [1.54, 1.807) is 0 Å². The summed E-state index contributed by atoms with van der Waals surface area (Å²) in [5.41, 5.74) is 3.58. The van der Waals surface area contributed by atoms with Crippen LogP contribution in [0, 0.1) is 13.8 Å². The van der Waals surface area contributed by atoms with Gasteiger partial charge in [-0.3, -0.25) is 0 Å². The Labute approximate surface area is 125 Å². The maximum absolute atomic E-state index is 6.24. The van der Waals surface area contributed by atoms with Crippen LogP contribution >= 0.6 is 0 Å². The van der Waals surface area contributed by atoms with Gasteiger partial charge in [0.1, 0.15) is 18.1 Å². The van der Waals surface area contributed by atoms with Gasteiger partial charge in [-0.2, -0.15) is 0 Å². The molecule has 0 fully saturated rings. The molecule has 0 bridgehead atoms. The van der Waals surface area contributed by atoms with Gasteiger partial charge in [0.05, 0.1) is 6.04 Å². The van der Waals surface area contributed by atoms with Gasteiger partial charge in [0, 0.05) is 5.56 Å². The molecule has 1 aliphatic heterocycles. The lowest BCUT2D eigenvalue weighted by Gasteiger charge is -2.34. The Balaban J connectivity index is 1.88. The van der Waals surface area contributed by atoms with Crippen molar-refractivity contribution < 1.29 is 9.47 Å². The third kappa shape index (κ3) is 2.61. The molecular weight excluding hydrogens is 262 g/mol. The van der Waals surface area contributed by atoms with Gasteiger partial charge >= 0.3 is 0 Å². The van der Waals surface area contributed by atoms with E-state index < -0.39 is 0 Å². The largest absolute Gasteiger partial charge is 0.489 e. The first-order valence-corrected chi connectivity index (χ1v) is 7.32. The number of hydrogen-bond acceptors (Lipinski definition) is 3. The van der Waals surface area contributed by atoms with E-state index in [0.29, 0.717) is 6.61 Å². The third-order valence-corrected chi connectivity index (χ3v) is 4.17. The molecule has 3 nitrogen and oxygen atoms in total. The SMILES string of the molecule is CNC1c2ccccc2OCC1Oc1cccc(C)c1C. The minimum Gasteiger partial charge on any atom is -0.489 e. The molecule has 0 amide bonds. The van der Waals surface area contributed by atoms with Crippen molar-refractivity contribution in [1.82, 2.24) is 5.32 Å². The summed E-state index contributed by atoms with van der Waals surface area (Å²) < 4.78 is 12.1. The van der Waals surface area contributed by atoms with Crippen molar-refractivity contribution in [2.45, 2.75) is 26.0 Å². The third-order valence-electron chi connectivity index (χ3n) is 4.17. The Bertz CT molecular complexity index is 639. The highest BCUT2D eigenvalue weighted by atomic mass is 16.5. The topological polar surface area (TPSA) is 30.5 Å². The molecule has 2 aromatic carbocycles. The predicted octanol–water partition coefficient (Wildman–Crippen LogP) is 3.40. The fourth-order valence-electron chi connectivity index (χ4n) is 2.80. The number of aryl methyl sites for hydroxylation is 1. The van der Waals surface area contributed by atoms with Crippen LogP contribution in [0.1, 0.15) is 22.7 Å². The summed E-state index contributed by atoms with van der Waals surface area (Å²) >= 11 is 0. The van der Waals surface area contributed by atoms with Crippen LogP contribution in [0.2, 0.25) is 0 Å². The zero-order chi connectivity index (χ0) is 14.8. The smallest absolute Gasteiger partial charge is 0.152 e. The highest BCUT2D eigenvalue weighted by Crippen LogP contribution is 2.34. The van der Waals surface area contributed by atoms with Crippen LogP contribution in [0.3, 0.4) is 0 Å². The first-order valence-electron chi connectivity index (χ1n) is 7.32. The zero-order valence-corrected chi connectivity index (χ0v) is 12.7. The fourth-order valence-corrected chi connectivity index (χ4v) is 2.80. The molecule has 0 saturated heterocycles. The number of hydrogen-bond donors (Lipinski definition) is 1. The average Bonchev–Trinajstić information content (AvgIpc) is 2.51. The van der Waals surface area contributed by atoms with Crippen LogP contribution in [0.15, 0.2) is 42.5 Å². The number of benzene rings is 2. The summed E-state index contributed by atoms with van der Waals surface area (Å²) in [7, 11) is 1.96. The lowest BCUT2D eigenvalue weighted by molar-refractivity contribution is 0.0768. The van der Waals surface area contributed by atoms with Crippen LogP contribution in [0.4, 0.5) is 0 Å². The first kappa shape index (κ1) is 14.0. The minimum atomic E-state index is -0.0367. The van der Waals surface area contributed by atoms with E-state index in [1.807, 2.05) is 37.4 Å². The van der Waals surface area contributed by atoms with E-state index in [9.17, 15) is 0 Å². The van der Waals surface area contributed by atoms with Gasteiger partial charge in [-0.1, -0.05) is 30.3 Å². The summed E-state index contributed by atoms with van der Waals surface area (Å²) in [4.78, 5) is 0. The van der Waals surface area contributed by atoms with Crippen molar-refractivity contribution in [2.24, 2.45) is 0 Å². The number of nitrogens with one attached hydrogen (secondary N) is 1. The van der Waals surface area contributed by atoms with Crippen molar-refractivity contribution in [3.8, 4) is 11.5 Å². The molecule has 1 N–H and O–H groups in total. The van der Waals surface area contributed by atoms with Crippen LogP contribution < -0.4 is 14.8 Å². The van der Waals surface area contributed by atoms with Crippen molar-refractivity contribution in [3.63, 3.8) is 0 Å². The van der Waals surface area contributed by atoms with Gasteiger partial charge in [-0.05, 0) is 44.2 Å².